The molecule has 1 fully saturated rings. The molecule has 0 bridgehead atoms. The van der Waals surface area contributed by atoms with Crippen LogP contribution in [0.15, 0.2) is 47.4 Å². The molecule has 1 aromatic heterocycles. The number of hydrogen-bond donors (Lipinski definition) is 0. The largest absolute Gasteiger partial charge is 0.307 e. The third-order valence-corrected chi connectivity index (χ3v) is 9.46. The van der Waals surface area contributed by atoms with Gasteiger partial charge in [-0.2, -0.15) is 4.31 Å². The van der Waals surface area contributed by atoms with Crippen molar-refractivity contribution in [2.75, 3.05) is 24.5 Å². The summed E-state index contributed by atoms with van der Waals surface area (Å²) in [5, 5.41) is 0.803. The fraction of sp³-hybridized carbons (Fsp3) is 0.360. The van der Waals surface area contributed by atoms with E-state index in [0.29, 0.717) is 41.5 Å². The number of carbonyl (C=O) groups excluding carboxylic acids is 1. The molecule has 0 atom stereocenters. The van der Waals surface area contributed by atoms with E-state index >= 15 is 0 Å². The summed E-state index contributed by atoms with van der Waals surface area (Å²) in [4.78, 5) is 20.7. The first kappa shape index (κ1) is 23.1. The molecule has 9 heteroatoms. The lowest BCUT2D eigenvalue weighted by Crippen LogP contribution is -2.35. The van der Waals surface area contributed by atoms with Gasteiger partial charge in [0.1, 0.15) is 10.7 Å². The van der Waals surface area contributed by atoms with Gasteiger partial charge in [-0.05, 0) is 74.1 Å². The topological polar surface area (TPSA) is 70.6 Å². The molecule has 34 heavy (non-hydrogen) atoms. The summed E-state index contributed by atoms with van der Waals surface area (Å²) in [7, 11) is -3.50. The minimum Gasteiger partial charge on any atom is -0.307 e. The number of hydrogen-bond acceptors (Lipinski definition) is 5. The Bertz CT molecular complexity index is 1330. The quantitative estimate of drug-likeness (QED) is 0.516. The summed E-state index contributed by atoms with van der Waals surface area (Å²) >= 11 is 1.36. The number of thiazole rings is 1. The van der Waals surface area contributed by atoms with Crippen LogP contribution < -0.4 is 4.90 Å². The van der Waals surface area contributed by atoms with Crippen molar-refractivity contribution in [3.8, 4) is 0 Å². The van der Waals surface area contributed by atoms with E-state index in [1.54, 1.807) is 39.5 Å². The first-order valence-electron chi connectivity index (χ1n) is 11.5. The van der Waals surface area contributed by atoms with Gasteiger partial charge in [0.25, 0.3) is 5.91 Å². The normalized spacial score (nSPS) is 16.6. The van der Waals surface area contributed by atoms with E-state index in [0.717, 1.165) is 47.5 Å². The van der Waals surface area contributed by atoms with Crippen molar-refractivity contribution >= 4 is 33.0 Å². The molecule has 5 rings (SSSR count). The highest BCUT2D eigenvalue weighted by molar-refractivity contribution is 7.89. The number of carbonyl (C=O) groups is 1. The molecule has 2 aliphatic rings. The number of aryl methyl sites for hydroxylation is 2. The van der Waals surface area contributed by atoms with Gasteiger partial charge in [0.2, 0.25) is 10.0 Å². The lowest BCUT2D eigenvalue weighted by Gasteiger charge is -2.30. The Morgan fingerprint density at radius 3 is 2.53 bits per heavy atom. The molecular formula is C25H26FN3O3S2. The van der Waals surface area contributed by atoms with E-state index in [2.05, 4.69) is 4.98 Å². The van der Waals surface area contributed by atoms with Crippen LogP contribution in [-0.2, 0) is 22.9 Å². The fourth-order valence-electron chi connectivity index (χ4n) is 4.65. The Balaban J connectivity index is 1.40. The molecule has 0 aliphatic carbocycles. The van der Waals surface area contributed by atoms with Crippen LogP contribution in [-0.4, -0.2) is 43.2 Å². The summed E-state index contributed by atoms with van der Waals surface area (Å²) in [5.74, 6) is -0.397. The van der Waals surface area contributed by atoms with Crippen LogP contribution in [0, 0.1) is 12.7 Å². The van der Waals surface area contributed by atoms with Crippen molar-refractivity contribution in [3.63, 3.8) is 0 Å². The van der Waals surface area contributed by atoms with E-state index < -0.39 is 10.0 Å². The van der Waals surface area contributed by atoms with Crippen molar-refractivity contribution < 1.29 is 17.6 Å². The molecule has 3 aromatic rings. The number of halogens is 1. The third kappa shape index (κ3) is 4.39. The molecule has 178 valence electrons. The first-order valence-corrected chi connectivity index (χ1v) is 13.7. The Morgan fingerprint density at radius 2 is 1.79 bits per heavy atom. The lowest BCUT2D eigenvalue weighted by molar-refractivity contribution is 0.0988. The van der Waals surface area contributed by atoms with Crippen LogP contribution in [0.1, 0.15) is 50.8 Å². The summed E-state index contributed by atoms with van der Waals surface area (Å²) < 4.78 is 40.7. The molecule has 0 saturated carbocycles. The van der Waals surface area contributed by atoms with E-state index in [1.165, 1.54) is 23.5 Å². The molecule has 3 heterocycles. The molecule has 0 N–H and O–H groups in total. The first-order chi connectivity index (χ1) is 16.3. The molecule has 2 aliphatic heterocycles. The summed E-state index contributed by atoms with van der Waals surface area (Å²) in [6.07, 6.45) is 3.83. The van der Waals surface area contributed by atoms with Gasteiger partial charge in [-0.25, -0.2) is 17.8 Å². The SMILES string of the molecule is Cc1nc(Cc2ccc(F)cc2)sc1C(=O)N1CCCc2cc(S(=O)(=O)N3CCCC3)ccc21. The molecule has 6 nitrogen and oxygen atoms in total. The average Bonchev–Trinajstić information content (AvgIpc) is 3.50. The van der Waals surface area contributed by atoms with E-state index in [1.807, 2.05) is 6.92 Å². The third-order valence-electron chi connectivity index (χ3n) is 6.42. The van der Waals surface area contributed by atoms with Crippen molar-refractivity contribution in [2.45, 2.75) is 43.9 Å². The number of sulfonamides is 1. The Morgan fingerprint density at radius 1 is 1.06 bits per heavy atom. The average molecular weight is 500 g/mol. The minimum absolute atomic E-state index is 0.114. The predicted octanol–water partition coefficient (Wildman–Crippen LogP) is 4.56. The number of fused-ring (bicyclic) bond motifs is 1. The van der Waals surface area contributed by atoms with Crippen LogP contribution >= 0.6 is 11.3 Å². The van der Waals surface area contributed by atoms with Gasteiger partial charge in [-0.1, -0.05) is 12.1 Å². The smallest absolute Gasteiger partial charge is 0.270 e. The van der Waals surface area contributed by atoms with Crippen molar-refractivity contribution in [2.24, 2.45) is 0 Å². The van der Waals surface area contributed by atoms with Gasteiger partial charge < -0.3 is 4.90 Å². The Hall–Kier alpha value is -2.62. The van der Waals surface area contributed by atoms with Crippen LogP contribution in [0.3, 0.4) is 0 Å². The zero-order valence-electron chi connectivity index (χ0n) is 19.0. The molecule has 1 amide bonds. The lowest BCUT2D eigenvalue weighted by atomic mass is 10.0. The van der Waals surface area contributed by atoms with Gasteiger partial charge in [0.05, 0.1) is 15.6 Å². The number of benzene rings is 2. The zero-order valence-corrected chi connectivity index (χ0v) is 20.6. The maximum Gasteiger partial charge on any atom is 0.270 e. The minimum atomic E-state index is -3.50. The fourth-order valence-corrected chi connectivity index (χ4v) is 7.26. The highest BCUT2D eigenvalue weighted by Crippen LogP contribution is 2.33. The number of amides is 1. The molecule has 1 saturated heterocycles. The highest BCUT2D eigenvalue weighted by Gasteiger charge is 2.31. The van der Waals surface area contributed by atoms with E-state index in [-0.39, 0.29) is 11.7 Å². The molecule has 0 unspecified atom stereocenters. The zero-order chi connectivity index (χ0) is 23.9. The predicted molar refractivity (Wildman–Crippen MR) is 130 cm³/mol. The number of anilines is 1. The van der Waals surface area contributed by atoms with Crippen LogP contribution in [0.4, 0.5) is 10.1 Å². The molecule has 0 radical (unpaired) electrons. The van der Waals surface area contributed by atoms with Crippen molar-refractivity contribution in [1.29, 1.82) is 0 Å². The second-order valence-corrected chi connectivity index (χ2v) is 11.8. The second-order valence-electron chi connectivity index (χ2n) is 8.79. The van der Waals surface area contributed by atoms with Gasteiger partial charge in [0, 0.05) is 31.7 Å². The standard InChI is InChI=1S/C25H26FN3O3S2/c1-17-24(33-23(27-17)15-18-6-8-20(26)9-7-18)25(30)29-14-4-5-19-16-21(10-11-22(19)29)34(31,32)28-12-2-3-13-28/h6-11,16H,2-5,12-15H2,1H3. The number of aromatic nitrogens is 1. The highest BCUT2D eigenvalue weighted by atomic mass is 32.2. The summed E-state index contributed by atoms with van der Waals surface area (Å²) in [6.45, 7) is 3.53. The van der Waals surface area contributed by atoms with Crippen molar-refractivity contribution in [1.82, 2.24) is 9.29 Å². The summed E-state index contributed by atoms with van der Waals surface area (Å²) in [6, 6.07) is 11.4. The molecule has 2 aromatic carbocycles. The van der Waals surface area contributed by atoms with E-state index in [4.69, 9.17) is 0 Å². The molecular weight excluding hydrogens is 473 g/mol. The Kier molecular flexibility index (Phi) is 6.26. The van der Waals surface area contributed by atoms with Crippen LogP contribution in [0.2, 0.25) is 0 Å². The van der Waals surface area contributed by atoms with Crippen molar-refractivity contribution in [3.05, 3.63) is 75.0 Å². The second kappa shape index (κ2) is 9.20. The number of nitrogens with zero attached hydrogens (tertiary/aromatic N) is 3. The van der Waals surface area contributed by atoms with Gasteiger partial charge in [-0.3, -0.25) is 4.79 Å². The van der Waals surface area contributed by atoms with Gasteiger partial charge >= 0.3 is 0 Å². The van der Waals surface area contributed by atoms with Crippen LogP contribution in [0.25, 0.3) is 0 Å². The van der Waals surface area contributed by atoms with Gasteiger partial charge in [0.15, 0.2) is 0 Å². The van der Waals surface area contributed by atoms with Crippen LogP contribution in [0.5, 0.6) is 0 Å². The maximum atomic E-state index is 13.5. The monoisotopic (exact) mass is 499 g/mol. The summed E-state index contributed by atoms with van der Waals surface area (Å²) in [5.41, 5.74) is 3.26. The molecule has 0 spiro atoms. The Labute approximate surface area is 203 Å². The maximum absolute atomic E-state index is 13.5. The number of rotatable bonds is 5. The van der Waals surface area contributed by atoms with E-state index in [9.17, 15) is 17.6 Å². The van der Waals surface area contributed by atoms with Gasteiger partial charge in [-0.15, -0.1) is 11.3 Å².